The first-order valence-corrected chi connectivity index (χ1v) is 8.29. The van der Waals surface area contributed by atoms with Gasteiger partial charge in [0.15, 0.2) is 0 Å². The van der Waals surface area contributed by atoms with E-state index in [1.807, 2.05) is 6.92 Å². The fourth-order valence-corrected chi connectivity index (χ4v) is 3.93. The molecule has 0 bridgehead atoms. The predicted molar refractivity (Wildman–Crippen MR) is 74.6 cm³/mol. The Labute approximate surface area is 120 Å². The molecule has 0 spiro atoms. The van der Waals surface area contributed by atoms with Gasteiger partial charge in [0.05, 0.1) is 12.0 Å². The Morgan fingerprint density at radius 2 is 2.20 bits per heavy atom. The molecule has 0 aromatic carbocycles. The second-order valence-electron chi connectivity index (χ2n) is 5.16. The van der Waals surface area contributed by atoms with E-state index in [9.17, 15) is 18.3 Å². The van der Waals surface area contributed by atoms with Crippen molar-refractivity contribution in [1.29, 1.82) is 0 Å². The molecule has 118 valence electrons. The van der Waals surface area contributed by atoms with Gasteiger partial charge < -0.3 is 9.84 Å². The van der Waals surface area contributed by atoms with Crippen LogP contribution in [-0.2, 0) is 19.7 Å². The smallest absolute Gasteiger partial charge is 0.310 e. The molecule has 1 saturated heterocycles. The number of carboxylic acid groups (broad SMARTS) is 1. The van der Waals surface area contributed by atoms with Crippen LogP contribution in [0.5, 0.6) is 0 Å². The topological polar surface area (TPSA) is 95.9 Å². The molecule has 7 nitrogen and oxygen atoms in total. The molecule has 20 heavy (non-hydrogen) atoms. The fraction of sp³-hybridized carbons (Fsp3) is 0.917. The number of methoxy groups -OCH3 is 1. The number of rotatable bonds is 8. The third kappa shape index (κ3) is 4.15. The van der Waals surface area contributed by atoms with Crippen molar-refractivity contribution < 1.29 is 23.1 Å². The van der Waals surface area contributed by atoms with Gasteiger partial charge in [-0.05, 0) is 19.3 Å². The zero-order valence-electron chi connectivity index (χ0n) is 12.1. The largest absolute Gasteiger partial charge is 0.481 e. The van der Waals surface area contributed by atoms with Crippen molar-refractivity contribution in [3.8, 4) is 0 Å². The molecule has 1 aliphatic heterocycles. The summed E-state index contributed by atoms with van der Waals surface area (Å²) in [6.07, 6.45) is 2.31. The summed E-state index contributed by atoms with van der Waals surface area (Å²) in [7, 11) is -2.15. The molecule has 1 heterocycles. The van der Waals surface area contributed by atoms with Gasteiger partial charge in [0.2, 0.25) is 0 Å². The van der Waals surface area contributed by atoms with Crippen LogP contribution in [0.1, 0.15) is 32.6 Å². The van der Waals surface area contributed by atoms with Crippen molar-refractivity contribution in [3.63, 3.8) is 0 Å². The third-order valence-corrected chi connectivity index (χ3v) is 5.22. The number of piperidine rings is 1. The van der Waals surface area contributed by atoms with Crippen molar-refractivity contribution in [1.82, 2.24) is 9.03 Å². The number of carboxylic acids is 1. The summed E-state index contributed by atoms with van der Waals surface area (Å²) in [6.45, 7) is 2.78. The molecule has 0 aliphatic carbocycles. The van der Waals surface area contributed by atoms with Gasteiger partial charge in [0.1, 0.15) is 0 Å². The van der Waals surface area contributed by atoms with E-state index in [2.05, 4.69) is 4.72 Å². The van der Waals surface area contributed by atoms with Crippen LogP contribution >= 0.6 is 0 Å². The summed E-state index contributed by atoms with van der Waals surface area (Å²) in [6, 6.07) is 0. The van der Waals surface area contributed by atoms with E-state index >= 15 is 0 Å². The van der Waals surface area contributed by atoms with Gasteiger partial charge in [-0.15, -0.1) is 0 Å². The van der Waals surface area contributed by atoms with Crippen LogP contribution in [0.3, 0.4) is 0 Å². The second kappa shape index (κ2) is 7.35. The lowest BCUT2D eigenvalue weighted by molar-refractivity contribution is -0.151. The van der Waals surface area contributed by atoms with E-state index in [1.54, 1.807) is 0 Å². The molecular formula is C12H24N2O5S. The molecule has 2 N–H and O–H groups in total. The van der Waals surface area contributed by atoms with Gasteiger partial charge >= 0.3 is 5.97 Å². The minimum absolute atomic E-state index is 0.0402. The number of aliphatic carboxylic acids is 1. The lowest BCUT2D eigenvalue weighted by Crippen LogP contribution is -2.53. The van der Waals surface area contributed by atoms with Crippen molar-refractivity contribution in [2.24, 2.45) is 5.41 Å². The zero-order chi connectivity index (χ0) is 15.2. The van der Waals surface area contributed by atoms with E-state index in [0.29, 0.717) is 25.8 Å². The lowest BCUT2D eigenvalue weighted by Gasteiger charge is -2.39. The first-order chi connectivity index (χ1) is 9.38. The normalized spacial score (nSPS) is 24.7. The van der Waals surface area contributed by atoms with Crippen LogP contribution in [0, 0.1) is 5.41 Å². The number of nitrogens with zero attached hydrogens (tertiary/aromatic N) is 1. The average molecular weight is 308 g/mol. The SMILES string of the molecule is CCCC1(C(=O)O)CCCN(S(=O)(=O)NCCOC)C1. The third-order valence-electron chi connectivity index (χ3n) is 3.65. The maximum atomic E-state index is 12.1. The number of nitrogens with one attached hydrogen (secondary N) is 1. The highest BCUT2D eigenvalue weighted by Crippen LogP contribution is 2.35. The van der Waals surface area contributed by atoms with Crippen LogP contribution in [0.2, 0.25) is 0 Å². The standard InChI is InChI=1S/C12H24N2O5S/c1-3-5-12(11(15)16)6-4-8-14(10-12)20(17,18)13-7-9-19-2/h13H,3-10H2,1-2H3,(H,15,16). The molecule has 0 saturated carbocycles. The Morgan fingerprint density at radius 3 is 2.75 bits per heavy atom. The molecule has 0 amide bonds. The van der Waals surface area contributed by atoms with Crippen molar-refractivity contribution in [2.75, 3.05) is 33.4 Å². The summed E-state index contributed by atoms with van der Waals surface area (Å²) >= 11 is 0. The monoisotopic (exact) mass is 308 g/mol. The quantitative estimate of drug-likeness (QED) is 0.634. The van der Waals surface area contributed by atoms with Gasteiger partial charge in [-0.2, -0.15) is 17.4 Å². The molecule has 1 fully saturated rings. The Balaban J connectivity index is 2.79. The van der Waals surface area contributed by atoms with Crippen LogP contribution < -0.4 is 4.72 Å². The van der Waals surface area contributed by atoms with Crippen molar-refractivity contribution in [2.45, 2.75) is 32.6 Å². The molecule has 0 aromatic heterocycles. The number of hydrogen-bond acceptors (Lipinski definition) is 4. The highest BCUT2D eigenvalue weighted by Gasteiger charge is 2.44. The minimum Gasteiger partial charge on any atom is -0.481 e. The molecule has 1 atom stereocenters. The second-order valence-corrected chi connectivity index (χ2v) is 6.92. The molecule has 0 aromatic rings. The summed E-state index contributed by atoms with van der Waals surface area (Å²) in [4.78, 5) is 11.5. The Hall–Kier alpha value is -0.700. The molecular weight excluding hydrogens is 284 g/mol. The van der Waals surface area contributed by atoms with E-state index in [4.69, 9.17) is 4.74 Å². The van der Waals surface area contributed by atoms with Gasteiger partial charge in [0, 0.05) is 26.7 Å². The minimum atomic E-state index is -3.64. The Kier molecular flexibility index (Phi) is 6.38. The summed E-state index contributed by atoms with van der Waals surface area (Å²) < 4.78 is 32.8. The van der Waals surface area contributed by atoms with Gasteiger partial charge in [-0.25, -0.2) is 0 Å². The van der Waals surface area contributed by atoms with E-state index in [0.717, 1.165) is 6.42 Å². The molecule has 1 unspecified atom stereocenters. The van der Waals surface area contributed by atoms with Crippen molar-refractivity contribution in [3.05, 3.63) is 0 Å². The maximum absolute atomic E-state index is 12.1. The summed E-state index contributed by atoms with van der Waals surface area (Å²) in [5.41, 5.74) is -0.955. The summed E-state index contributed by atoms with van der Waals surface area (Å²) in [5, 5.41) is 9.46. The zero-order valence-corrected chi connectivity index (χ0v) is 12.9. The first-order valence-electron chi connectivity index (χ1n) is 6.85. The van der Waals surface area contributed by atoms with Gasteiger partial charge in [-0.3, -0.25) is 4.79 Å². The average Bonchev–Trinajstić information content (AvgIpc) is 2.39. The van der Waals surface area contributed by atoms with E-state index in [-0.39, 0.29) is 19.7 Å². The molecule has 1 rings (SSSR count). The Bertz CT molecular complexity index is 422. The Morgan fingerprint density at radius 1 is 1.50 bits per heavy atom. The summed E-state index contributed by atoms with van der Waals surface area (Å²) in [5.74, 6) is -0.906. The highest BCUT2D eigenvalue weighted by atomic mass is 32.2. The van der Waals surface area contributed by atoms with Crippen LogP contribution in [-0.4, -0.2) is 57.1 Å². The first kappa shape index (κ1) is 17.4. The van der Waals surface area contributed by atoms with Crippen LogP contribution in [0.25, 0.3) is 0 Å². The maximum Gasteiger partial charge on any atom is 0.310 e. The van der Waals surface area contributed by atoms with E-state index in [1.165, 1.54) is 11.4 Å². The lowest BCUT2D eigenvalue weighted by atomic mass is 9.77. The fourth-order valence-electron chi connectivity index (χ4n) is 2.62. The molecule has 8 heteroatoms. The number of hydrogen-bond donors (Lipinski definition) is 2. The van der Waals surface area contributed by atoms with Gasteiger partial charge in [-0.1, -0.05) is 13.3 Å². The van der Waals surface area contributed by atoms with Gasteiger partial charge in [0.25, 0.3) is 10.2 Å². The van der Waals surface area contributed by atoms with Crippen molar-refractivity contribution >= 4 is 16.2 Å². The highest BCUT2D eigenvalue weighted by molar-refractivity contribution is 7.87. The molecule has 1 aliphatic rings. The predicted octanol–water partition coefficient (Wildman–Crippen LogP) is 0.434. The van der Waals surface area contributed by atoms with Crippen LogP contribution in [0.4, 0.5) is 0 Å². The number of ether oxygens (including phenoxy) is 1. The number of carbonyl (C=O) groups is 1. The molecule has 0 radical (unpaired) electrons. The van der Waals surface area contributed by atoms with E-state index < -0.39 is 21.6 Å². The van der Waals surface area contributed by atoms with Crippen LogP contribution in [0.15, 0.2) is 0 Å².